The van der Waals surface area contributed by atoms with Crippen molar-refractivity contribution in [1.82, 2.24) is 9.88 Å². The fourth-order valence-electron chi connectivity index (χ4n) is 4.11. The molecule has 2 aliphatic rings. The van der Waals surface area contributed by atoms with Gasteiger partial charge in [0.15, 0.2) is 0 Å². The van der Waals surface area contributed by atoms with Crippen LogP contribution in [0.5, 0.6) is 0 Å². The number of rotatable bonds is 3. The van der Waals surface area contributed by atoms with Gasteiger partial charge in [-0.1, -0.05) is 33.3 Å². The van der Waals surface area contributed by atoms with E-state index in [4.69, 9.17) is 0 Å². The SMILES string of the molecule is CC(C)(C)c1cncc(CN2C[C@@H]3CCC[C@@H]3[C@@H]2C(=O)O)c1. The highest BCUT2D eigenvalue weighted by atomic mass is 16.4. The summed E-state index contributed by atoms with van der Waals surface area (Å²) in [5.74, 6) is 0.255. The third-order valence-corrected chi connectivity index (χ3v) is 5.29. The molecule has 3 atom stereocenters. The second kappa shape index (κ2) is 5.65. The Labute approximate surface area is 132 Å². The summed E-state index contributed by atoms with van der Waals surface area (Å²) in [6.45, 7) is 8.14. The molecule has 0 amide bonds. The molecule has 1 aliphatic carbocycles. The van der Waals surface area contributed by atoms with Gasteiger partial charge in [-0.25, -0.2) is 0 Å². The molecular weight excluding hydrogens is 276 g/mol. The molecule has 22 heavy (non-hydrogen) atoms. The highest BCUT2D eigenvalue weighted by Crippen LogP contribution is 2.42. The summed E-state index contributed by atoms with van der Waals surface area (Å²) >= 11 is 0. The molecule has 1 N–H and O–H groups in total. The smallest absolute Gasteiger partial charge is 0.321 e. The number of carboxylic acid groups (broad SMARTS) is 1. The van der Waals surface area contributed by atoms with E-state index in [1.807, 2.05) is 12.4 Å². The Morgan fingerprint density at radius 1 is 1.36 bits per heavy atom. The summed E-state index contributed by atoms with van der Waals surface area (Å²) in [6.07, 6.45) is 7.23. The summed E-state index contributed by atoms with van der Waals surface area (Å²) in [6, 6.07) is 1.87. The van der Waals surface area contributed by atoms with Crippen molar-refractivity contribution in [1.29, 1.82) is 0 Å². The molecule has 4 heteroatoms. The van der Waals surface area contributed by atoms with Gasteiger partial charge in [-0.3, -0.25) is 14.7 Å². The van der Waals surface area contributed by atoms with E-state index in [1.165, 1.54) is 18.4 Å². The van der Waals surface area contributed by atoms with Gasteiger partial charge in [0, 0.05) is 25.5 Å². The maximum absolute atomic E-state index is 11.7. The van der Waals surface area contributed by atoms with Crippen molar-refractivity contribution < 1.29 is 9.90 Å². The number of hydrogen-bond donors (Lipinski definition) is 1. The molecule has 0 radical (unpaired) electrons. The molecule has 1 saturated heterocycles. The van der Waals surface area contributed by atoms with E-state index in [-0.39, 0.29) is 11.5 Å². The van der Waals surface area contributed by atoms with Crippen molar-refractivity contribution in [2.45, 2.75) is 58.0 Å². The number of aromatic nitrogens is 1. The molecule has 4 nitrogen and oxygen atoms in total. The number of carboxylic acids is 1. The molecule has 2 fully saturated rings. The van der Waals surface area contributed by atoms with Gasteiger partial charge < -0.3 is 5.11 Å². The molecule has 0 unspecified atom stereocenters. The Hall–Kier alpha value is -1.42. The van der Waals surface area contributed by atoms with E-state index in [2.05, 4.69) is 36.7 Å². The van der Waals surface area contributed by atoms with Crippen molar-refractivity contribution in [3.05, 3.63) is 29.6 Å². The molecule has 2 heterocycles. The highest BCUT2D eigenvalue weighted by molar-refractivity contribution is 5.74. The number of likely N-dealkylation sites (tertiary alicyclic amines) is 1. The van der Waals surface area contributed by atoms with Crippen molar-refractivity contribution >= 4 is 5.97 Å². The van der Waals surface area contributed by atoms with Crippen LogP contribution in [0.25, 0.3) is 0 Å². The largest absolute Gasteiger partial charge is 0.480 e. The van der Waals surface area contributed by atoms with Crippen LogP contribution >= 0.6 is 0 Å². The predicted octanol–water partition coefficient (Wildman–Crippen LogP) is 3.06. The zero-order valence-corrected chi connectivity index (χ0v) is 13.7. The second-order valence-electron chi connectivity index (χ2n) is 7.90. The zero-order chi connectivity index (χ0) is 15.9. The lowest BCUT2D eigenvalue weighted by atomic mass is 9.87. The van der Waals surface area contributed by atoms with Gasteiger partial charge in [0.2, 0.25) is 0 Å². The molecular formula is C18H26N2O2. The van der Waals surface area contributed by atoms with Crippen molar-refractivity contribution in [2.24, 2.45) is 11.8 Å². The van der Waals surface area contributed by atoms with E-state index < -0.39 is 5.97 Å². The Bertz CT molecular complexity index is 564. The van der Waals surface area contributed by atoms with E-state index in [1.54, 1.807) is 0 Å². The fourth-order valence-corrected chi connectivity index (χ4v) is 4.11. The first kappa shape index (κ1) is 15.5. The fraction of sp³-hybridized carbons (Fsp3) is 0.667. The number of pyridine rings is 1. The van der Waals surface area contributed by atoms with Crippen LogP contribution in [0.3, 0.4) is 0 Å². The average molecular weight is 302 g/mol. The van der Waals surface area contributed by atoms with Crippen LogP contribution in [0.15, 0.2) is 18.5 Å². The molecule has 1 aromatic heterocycles. The summed E-state index contributed by atoms with van der Waals surface area (Å²) in [7, 11) is 0. The van der Waals surface area contributed by atoms with Gasteiger partial charge in [0.05, 0.1) is 0 Å². The third-order valence-electron chi connectivity index (χ3n) is 5.29. The molecule has 120 valence electrons. The zero-order valence-electron chi connectivity index (χ0n) is 13.7. The monoisotopic (exact) mass is 302 g/mol. The quantitative estimate of drug-likeness (QED) is 0.932. The molecule has 1 aromatic rings. The van der Waals surface area contributed by atoms with Crippen molar-refractivity contribution in [2.75, 3.05) is 6.54 Å². The minimum absolute atomic E-state index is 0.0662. The number of fused-ring (bicyclic) bond motifs is 1. The summed E-state index contributed by atoms with van der Waals surface area (Å²) in [5.41, 5.74) is 2.39. The summed E-state index contributed by atoms with van der Waals surface area (Å²) < 4.78 is 0. The standard InChI is InChI=1S/C18H26N2O2/c1-18(2,3)14-7-12(8-19-9-14)10-20-11-13-5-4-6-15(13)16(20)17(21)22/h7-9,13,15-16H,4-6,10-11H2,1-3H3,(H,21,22)/t13-,15-,16+/m0/s1. The lowest BCUT2D eigenvalue weighted by Gasteiger charge is -2.25. The lowest BCUT2D eigenvalue weighted by Crippen LogP contribution is -2.39. The Morgan fingerprint density at radius 2 is 2.14 bits per heavy atom. The summed E-state index contributed by atoms with van der Waals surface area (Å²) in [4.78, 5) is 18.2. The first-order chi connectivity index (χ1) is 10.4. The van der Waals surface area contributed by atoms with Gasteiger partial charge in [0.25, 0.3) is 0 Å². The van der Waals surface area contributed by atoms with Crippen LogP contribution in [0.1, 0.15) is 51.2 Å². The number of hydrogen-bond acceptors (Lipinski definition) is 3. The maximum Gasteiger partial charge on any atom is 0.321 e. The van der Waals surface area contributed by atoms with Gasteiger partial charge in [-0.05, 0) is 41.2 Å². The van der Waals surface area contributed by atoms with Gasteiger partial charge in [0.1, 0.15) is 6.04 Å². The Kier molecular flexibility index (Phi) is 3.98. The average Bonchev–Trinajstić information content (AvgIpc) is 2.97. The predicted molar refractivity (Wildman–Crippen MR) is 85.6 cm³/mol. The highest BCUT2D eigenvalue weighted by Gasteiger charge is 2.47. The first-order valence-corrected chi connectivity index (χ1v) is 8.27. The van der Waals surface area contributed by atoms with E-state index in [0.717, 1.165) is 18.5 Å². The Morgan fingerprint density at radius 3 is 2.82 bits per heavy atom. The van der Waals surface area contributed by atoms with E-state index >= 15 is 0 Å². The van der Waals surface area contributed by atoms with Crippen LogP contribution in [0, 0.1) is 11.8 Å². The van der Waals surface area contributed by atoms with Gasteiger partial charge >= 0.3 is 5.97 Å². The molecule has 0 bridgehead atoms. The van der Waals surface area contributed by atoms with Gasteiger partial charge in [-0.2, -0.15) is 0 Å². The summed E-state index contributed by atoms with van der Waals surface area (Å²) in [5, 5.41) is 9.64. The van der Waals surface area contributed by atoms with Crippen LogP contribution in [-0.4, -0.2) is 33.5 Å². The van der Waals surface area contributed by atoms with Crippen molar-refractivity contribution in [3.8, 4) is 0 Å². The van der Waals surface area contributed by atoms with Gasteiger partial charge in [-0.15, -0.1) is 0 Å². The minimum atomic E-state index is -0.658. The van der Waals surface area contributed by atoms with Crippen LogP contribution in [0.2, 0.25) is 0 Å². The maximum atomic E-state index is 11.7. The topological polar surface area (TPSA) is 53.4 Å². The second-order valence-corrected chi connectivity index (χ2v) is 7.90. The molecule has 1 saturated carbocycles. The van der Waals surface area contributed by atoms with E-state index in [0.29, 0.717) is 18.4 Å². The molecule has 0 aromatic carbocycles. The number of aliphatic carboxylic acids is 1. The lowest BCUT2D eigenvalue weighted by molar-refractivity contribution is -0.143. The van der Waals surface area contributed by atoms with Crippen LogP contribution in [0.4, 0.5) is 0 Å². The van der Waals surface area contributed by atoms with Crippen molar-refractivity contribution in [3.63, 3.8) is 0 Å². The minimum Gasteiger partial charge on any atom is -0.480 e. The van der Waals surface area contributed by atoms with E-state index in [9.17, 15) is 9.90 Å². The Balaban J connectivity index is 1.79. The van der Waals surface area contributed by atoms with Crippen LogP contribution < -0.4 is 0 Å². The van der Waals surface area contributed by atoms with Crippen LogP contribution in [-0.2, 0) is 16.8 Å². The third kappa shape index (κ3) is 2.89. The number of carbonyl (C=O) groups is 1. The normalized spacial score (nSPS) is 28.8. The first-order valence-electron chi connectivity index (χ1n) is 8.27. The molecule has 3 rings (SSSR count). The molecule has 1 aliphatic heterocycles. The number of nitrogens with zero attached hydrogens (tertiary/aromatic N) is 2. The molecule has 0 spiro atoms.